The van der Waals surface area contributed by atoms with Crippen molar-refractivity contribution in [2.45, 2.75) is 31.2 Å². The van der Waals surface area contributed by atoms with Gasteiger partial charge in [-0.2, -0.15) is 4.31 Å². The summed E-state index contributed by atoms with van der Waals surface area (Å²) in [7, 11) is -6.14. The van der Waals surface area contributed by atoms with Gasteiger partial charge in [-0.05, 0) is 54.3 Å². The van der Waals surface area contributed by atoms with Crippen LogP contribution in [-0.2, 0) is 33.0 Å². The van der Waals surface area contributed by atoms with E-state index in [0.29, 0.717) is 19.4 Å². The average molecular weight is 443 g/mol. The zero-order valence-electron chi connectivity index (χ0n) is 16.2. The molecule has 0 bridgehead atoms. The van der Waals surface area contributed by atoms with Crippen molar-refractivity contribution < 1.29 is 26.0 Å². The zero-order valence-corrected chi connectivity index (χ0v) is 17.8. The number of sulfonamides is 2. The van der Waals surface area contributed by atoms with Crippen LogP contribution in [-0.4, -0.2) is 40.5 Å². The van der Waals surface area contributed by atoms with Crippen LogP contribution in [0.3, 0.4) is 0 Å². The molecule has 1 N–H and O–H groups in total. The number of ether oxygens (including phenoxy) is 1. The second-order valence-corrected chi connectivity index (χ2v) is 10.5. The van der Waals surface area contributed by atoms with Crippen LogP contribution in [0.5, 0.6) is 5.75 Å². The highest BCUT2D eigenvalue weighted by atomic mass is 32.2. The van der Waals surface area contributed by atoms with Gasteiger partial charge in [0.25, 0.3) is 10.0 Å². The maximum absolute atomic E-state index is 13.6. The molecule has 0 radical (unpaired) electrons. The van der Waals surface area contributed by atoms with Gasteiger partial charge in [0.15, 0.2) is 0 Å². The topological polar surface area (TPSA) is 92.8 Å². The Labute approximate surface area is 170 Å². The average Bonchev–Trinajstić information content (AvgIpc) is 2.67. The summed E-state index contributed by atoms with van der Waals surface area (Å²) in [5.41, 5.74) is 1.98. The standard InChI is InChI=1S/C19H23FN2O5S2/c1-3-10-28(23,24)22-9-8-14-4-6-17(11-15(14)13-22)21-29(25,26)19-12-16(20)5-7-18(19)27-2/h4-7,11-12,21H,3,8-10,13H2,1-2H3. The molecule has 0 unspecified atom stereocenters. The quantitative estimate of drug-likeness (QED) is 0.712. The third-order valence-electron chi connectivity index (χ3n) is 4.71. The second kappa shape index (κ2) is 8.29. The lowest BCUT2D eigenvalue weighted by molar-refractivity contribution is 0.391. The number of methoxy groups -OCH3 is 1. The molecule has 10 heteroatoms. The van der Waals surface area contributed by atoms with Gasteiger partial charge in [0.05, 0.1) is 12.9 Å². The van der Waals surface area contributed by atoms with Crippen molar-refractivity contribution in [1.82, 2.24) is 4.31 Å². The molecule has 158 valence electrons. The Morgan fingerprint density at radius 1 is 1.10 bits per heavy atom. The number of nitrogens with one attached hydrogen (secondary N) is 1. The summed E-state index contributed by atoms with van der Waals surface area (Å²) in [6.45, 7) is 2.40. The Hall–Kier alpha value is -2.17. The van der Waals surface area contributed by atoms with Gasteiger partial charge in [0.1, 0.15) is 16.5 Å². The number of fused-ring (bicyclic) bond motifs is 1. The fraction of sp³-hybridized carbons (Fsp3) is 0.368. The fourth-order valence-corrected chi connectivity index (χ4v) is 6.00. The lowest BCUT2D eigenvalue weighted by Gasteiger charge is -2.28. The number of halogens is 1. The Kier molecular flexibility index (Phi) is 6.16. The van der Waals surface area contributed by atoms with E-state index in [1.165, 1.54) is 17.5 Å². The van der Waals surface area contributed by atoms with E-state index in [1.807, 2.05) is 6.92 Å². The molecule has 7 nitrogen and oxygen atoms in total. The van der Waals surface area contributed by atoms with Crippen LogP contribution >= 0.6 is 0 Å². The number of hydrogen-bond acceptors (Lipinski definition) is 5. The van der Waals surface area contributed by atoms with Crippen molar-refractivity contribution >= 4 is 25.7 Å². The van der Waals surface area contributed by atoms with E-state index in [-0.39, 0.29) is 28.6 Å². The minimum absolute atomic E-state index is 0.0219. The Bertz CT molecular complexity index is 1120. The molecular weight excluding hydrogens is 419 g/mol. The lowest BCUT2D eigenvalue weighted by Crippen LogP contribution is -2.37. The predicted molar refractivity (Wildman–Crippen MR) is 108 cm³/mol. The normalized spacial score (nSPS) is 15.0. The number of rotatable bonds is 7. The first-order chi connectivity index (χ1) is 13.7. The molecule has 0 fully saturated rings. The highest BCUT2D eigenvalue weighted by Gasteiger charge is 2.27. The molecule has 0 aliphatic carbocycles. The summed E-state index contributed by atoms with van der Waals surface area (Å²) in [6, 6.07) is 8.25. The van der Waals surface area contributed by atoms with Crippen molar-refractivity contribution in [2.24, 2.45) is 0 Å². The molecule has 29 heavy (non-hydrogen) atoms. The summed E-state index contributed by atoms with van der Waals surface area (Å²) in [6.07, 6.45) is 1.09. The van der Waals surface area contributed by atoms with Crippen LogP contribution in [0.15, 0.2) is 41.3 Å². The third-order valence-corrected chi connectivity index (χ3v) is 8.13. The van der Waals surface area contributed by atoms with E-state index >= 15 is 0 Å². The number of nitrogens with zero attached hydrogens (tertiary/aromatic N) is 1. The van der Waals surface area contributed by atoms with Crippen LogP contribution in [0.4, 0.5) is 10.1 Å². The number of benzene rings is 2. The van der Waals surface area contributed by atoms with E-state index in [1.54, 1.807) is 18.2 Å². The van der Waals surface area contributed by atoms with E-state index in [2.05, 4.69) is 4.72 Å². The summed E-state index contributed by atoms with van der Waals surface area (Å²) >= 11 is 0. The summed E-state index contributed by atoms with van der Waals surface area (Å²) < 4.78 is 72.7. The van der Waals surface area contributed by atoms with Crippen LogP contribution in [0.2, 0.25) is 0 Å². The van der Waals surface area contributed by atoms with Gasteiger partial charge >= 0.3 is 0 Å². The zero-order chi connectivity index (χ0) is 21.2. The number of anilines is 1. The van der Waals surface area contributed by atoms with Gasteiger partial charge < -0.3 is 4.74 Å². The molecule has 2 aromatic rings. The van der Waals surface area contributed by atoms with Gasteiger partial charge in [-0.15, -0.1) is 0 Å². The van der Waals surface area contributed by atoms with E-state index in [4.69, 9.17) is 4.74 Å². The van der Waals surface area contributed by atoms with Crippen molar-refractivity contribution in [1.29, 1.82) is 0 Å². The van der Waals surface area contributed by atoms with Crippen molar-refractivity contribution in [3.63, 3.8) is 0 Å². The lowest BCUT2D eigenvalue weighted by atomic mass is 10.0. The van der Waals surface area contributed by atoms with Gasteiger partial charge in [-0.25, -0.2) is 21.2 Å². The van der Waals surface area contributed by atoms with Crippen LogP contribution in [0, 0.1) is 5.82 Å². The van der Waals surface area contributed by atoms with Crippen LogP contribution < -0.4 is 9.46 Å². The summed E-state index contributed by atoms with van der Waals surface area (Å²) in [5, 5.41) is 0. The molecule has 1 aliphatic heterocycles. The monoisotopic (exact) mass is 442 g/mol. The molecule has 1 heterocycles. The molecule has 3 rings (SSSR count). The molecule has 0 amide bonds. The largest absolute Gasteiger partial charge is 0.495 e. The second-order valence-electron chi connectivity index (χ2n) is 6.78. The highest BCUT2D eigenvalue weighted by Crippen LogP contribution is 2.29. The van der Waals surface area contributed by atoms with E-state index in [0.717, 1.165) is 23.3 Å². The smallest absolute Gasteiger partial charge is 0.265 e. The fourth-order valence-electron chi connectivity index (χ4n) is 3.29. The first-order valence-electron chi connectivity index (χ1n) is 9.12. The van der Waals surface area contributed by atoms with Crippen molar-refractivity contribution in [2.75, 3.05) is 24.1 Å². The van der Waals surface area contributed by atoms with E-state index < -0.39 is 25.9 Å². The van der Waals surface area contributed by atoms with Gasteiger partial charge in [0, 0.05) is 18.8 Å². The Balaban J connectivity index is 1.88. The third kappa shape index (κ3) is 4.71. The first-order valence-corrected chi connectivity index (χ1v) is 12.2. The van der Waals surface area contributed by atoms with Gasteiger partial charge in [0.2, 0.25) is 10.0 Å². The minimum atomic E-state index is -4.10. The molecule has 0 atom stereocenters. The highest BCUT2D eigenvalue weighted by molar-refractivity contribution is 7.92. The maximum Gasteiger partial charge on any atom is 0.265 e. The predicted octanol–water partition coefficient (Wildman–Crippen LogP) is 2.73. The summed E-state index contributed by atoms with van der Waals surface area (Å²) in [5.74, 6) is -0.601. The van der Waals surface area contributed by atoms with Gasteiger partial charge in [-0.1, -0.05) is 13.0 Å². The molecule has 1 aliphatic rings. The Morgan fingerprint density at radius 3 is 2.55 bits per heavy atom. The molecule has 0 spiro atoms. The van der Waals surface area contributed by atoms with Crippen LogP contribution in [0.25, 0.3) is 0 Å². The van der Waals surface area contributed by atoms with Crippen molar-refractivity contribution in [3.05, 3.63) is 53.3 Å². The molecule has 2 aromatic carbocycles. The molecule has 0 saturated heterocycles. The van der Waals surface area contributed by atoms with E-state index in [9.17, 15) is 21.2 Å². The summed E-state index contributed by atoms with van der Waals surface area (Å²) in [4.78, 5) is -0.315. The maximum atomic E-state index is 13.6. The molecule has 0 saturated carbocycles. The first kappa shape index (κ1) is 21.5. The molecular formula is C19H23FN2O5S2. The van der Waals surface area contributed by atoms with Crippen LogP contribution in [0.1, 0.15) is 24.5 Å². The van der Waals surface area contributed by atoms with Crippen molar-refractivity contribution in [3.8, 4) is 5.75 Å². The Morgan fingerprint density at radius 2 is 1.86 bits per heavy atom. The number of hydrogen-bond donors (Lipinski definition) is 1. The molecule has 0 aromatic heterocycles. The SMILES string of the molecule is CCCS(=O)(=O)N1CCc2ccc(NS(=O)(=O)c3cc(F)ccc3OC)cc2C1. The minimum Gasteiger partial charge on any atom is -0.495 e. The van der Waals surface area contributed by atoms with Gasteiger partial charge in [-0.3, -0.25) is 4.72 Å².